The number of ether oxygens (including phenoxy) is 2. The molecule has 32 heavy (non-hydrogen) atoms. The van der Waals surface area contributed by atoms with Gasteiger partial charge in [-0.3, -0.25) is 0 Å². The average Bonchev–Trinajstić information content (AvgIpc) is 2.83. The van der Waals surface area contributed by atoms with E-state index in [9.17, 15) is 9.59 Å². The van der Waals surface area contributed by atoms with Crippen LogP contribution >= 0.6 is 0 Å². The Bertz CT molecular complexity index is 1350. The average molecular weight is 424 g/mol. The van der Waals surface area contributed by atoms with Crippen LogP contribution in [0.4, 0.5) is 0 Å². The van der Waals surface area contributed by atoms with E-state index in [1.54, 1.807) is 0 Å². The fourth-order valence-corrected chi connectivity index (χ4v) is 4.61. The number of fused-ring (bicyclic) bond motifs is 2. The lowest BCUT2D eigenvalue weighted by atomic mass is 9.87. The Labute approximate surface area is 186 Å². The van der Waals surface area contributed by atoms with E-state index in [-0.39, 0.29) is 11.9 Å². The summed E-state index contributed by atoms with van der Waals surface area (Å²) in [6, 6.07) is 19.7. The molecule has 0 fully saturated rings. The molecular formula is C28H24O4. The molecule has 0 saturated carbocycles. The minimum absolute atomic E-state index is 0.298. The standard InChI is InChI=1S/C28H24O4/c1-3-15-31-27(29)23-13-11-21-18-8-6-10-20-24(28(30)32-16-4-2)14-12-22(26(18)20)17-7-5-9-19(23)25(17)21/h5-14H,3-4,15-16H2,1-2H3. The minimum Gasteiger partial charge on any atom is -0.462 e. The molecule has 160 valence electrons. The minimum atomic E-state index is -0.298. The van der Waals surface area contributed by atoms with Crippen molar-refractivity contribution in [2.24, 2.45) is 0 Å². The molecule has 0 heterocycles. The van der Waals surface area contributed by atoms with Gasteiger partial charge < -0.3 is 9.47 Å². The lowest BCUT2D eigenvalue weighted by molar-refractivity contribution is 0.0498. The summed E-state index contributed by atoms with van der Waals surface area (Å²) in [5.41, 5.74) is 1.16. The maximum Gasteiger partial charge on any atom is 0.338 e. The third-order valence-electron chi connectivity index (χ3n) is 5.98. The van der Waals surface area contributed by atoms with Gasteiger partial charge in [-0.25, -0.2) is 9.59 Å². The topological polar surface area (TPSA) is 52.6 Å². The predicted octanol–water partition coefficient (Wildman–Crippen LogP) is 6.87. The van der Waals surface area contributed by atoms with Crippen molar-refractivity contribution in [2.75, 3.05) is 13.2 Å². The smallest absolute Gasteiger partial charge is 0.338 e. The van der Waals surface area contributed by atoms with Crippen LogP contribution in [0.3, 0.4) is 0 Å². The van der Waals surface area contributed by atoms with Gasteiger partial charge in [-0.1, -0.05) is 62.4 Å². The van der Waals surface area contributed by atoms with Gasteiger partial charge in [-0.2, -0.15) is 0 Å². The molecule has 0 N–H and O–H groups in total. The first-order chi connectivity index (χ1) is 15.7. The molecule has 0 amide bonds. The molecule has 0 atom stereocenters. The second-order valence-corrected chi connectivity index (χ2v) is 8.05. The van der Waals surface area contributed by atoms with Crippen molar-refractivity contribution in [3.63, 3.8) is 0 Å². The first kappa shape index (κ1) is 20.3. The van der Waals surface area contributed by atoms with Crippen molar-refractivity contribution in [3.05, 3.63) is 71.8 Å². The fraction of sp³-hybridized carbons (Fsp3) is 0.214. The third kappa shape index (κ3) is 3.06. The first-order valence-corrected chi connectivity index (χ1v) is 11.1. The Balaban J connectivity index is 1.83. The normalized spacial score (nSPS) is 11.6. The molecule has 4 nitrogen and oxygen atoms in total. The van der Waals surface area contributed by atoms with E-state index in [1.165, 1.54) is 0 Å². The van der Waals surface area contributed by atoms with Crippen molar-refractivity contribution in [1.29, 1.82) is 0 Å². The summed E-state index contributed by atoms with van der Waals surface area (Å²) in [5, 5.41) is 8.07. The summed E-state index contributed by atoms with van der Waals surface area (Å²) >= 11 is 0. The SMILES string of the molecule is CCCOC(=O)c1ccc2c3cccc4c(C(=O)OCCC)ccc(c5cccc1c52)c43. The van der Waals surface area contributed by atoms with E-state index in [1.807, 2.05) is 62.4 Å². The lowest BCUT2D eigenvalue weighted by Crippen LogP contribution is -2.07. The molecule has 0 spiro atoms. The Morgan fingerprint density at radius 3 is 1.34 bits per heavy atom. The van der Waals surface area contributed by atoms with Crippen LogP contribution in [0.15, 0.2) is 60.7 Å². The van der Waals surface area contributed by atoms with Crippen LogP contribution in [0.5, 0.6) is 0 Å². The second-order valence-electron chi connectivity index (χ2n) is 8.05. The number of benzene rings is 5. The number of esters is 2. The van der Waals surface area contributed by atoms with Crippen LogP contribution in [0.2, 0.25) is 0 Å². The zero-order chi connectivity index (χ0) is 22.2. The van der Waals surface area contributed by atoms with Crippen LogP contribution in [0, 0.1) is 0 Å². The fourth-order valence-electron chi connectivity index (χ4n) is 4.61. The van der Waals surface area contributed by atoms with Gasteiger partial charge in [0, 0.05) is 0 Å². The van der Waals surface area contributed by atoms with E-state index in [4.69, 9.17) is 9.47 Å². The molecule has 5 aromatic rings. The third-order valence-corrected chi connectivity index (χ3v) is 5.98. The number of carbonyl (C=O) groups is 2. The van der Waals surface area contributed by atoms with Crippen molar-refractivity contribution < 1.29 is 19.1 Å². The molecule has 5 rings (SSSR count). The molecule has 0 aliphatic carbocycles. The molecule has 0 radical (unpaired) electrons. The van der Waals surface area contributed by atoms with E-state index in [0.29, 0.717) is 24.3 Å². The van der Waals surface area contributed by atoms with Crippen LogP contribution in [0.1, 0.15) is 47.4 Å². The molecule has 0 aliphatic heterocycles. The summed E-state index contributed by atoms with van der Waals surface area (Å²) in [6.07, 6.45) is 1.57. The summed E-state index contributed by atoms with van der Waals surface area (Å²) < 4.78 is 10.9. The van der Waals surface area contributed by atoms with Gasteiger partial charge in [0.1, 0.15) is 0 Å². The maximum absolute atomic E-state index is 12.7. The molecule has 5 aromatic carbocycles. The molecule has 0 aromatic heterocycles. The van der Waals surface area contributed by atoms with Crippen molar-refractivity contribution in [2.45, 2.75) is 26.7 Å². The number of hydrogen-bond donors (Lipinski definition) is 0. The Morgan fingerprint density at radius 1 is 0.562 bits per heavy atom. The molecule has 0 aliphatic rings. The number of hydrogen-bond acceptors (Lipinski definition) is 4. The van der Waals surface area contributed by atoms with Gasteiger partial charge in [-0.15, -0.1) is 0 Å². The van der Waals surface area contributed by atoms with Gasteiger partial charge in [0.25, 0.3) is 0 Å². The Morgan fingerprint density at radius 2 is 0.938 bits per heavy atom. The van der Waals surface area contributed by atoms with Gasteiger partial charge in [0.2, 0.25) is 0 Å². The van der Waals surface area contributed by atoms with Crippen molar-refractivity contribution in [1.82, 2.24) is 0 Å². The Hall–Kier alpha value is -3.66. The highest BCUT2D eigenvalue weighted by Crippen LogP contribution is 2.42. The molecule has 4 heteroatoms. The highest BCUT2D eigenvalue weighted by atomic mass is 16.5. The maximum atomic E-state index is 12.7. The van der Waals surface area contributed by atoms with Crippen molar-refractivity contribution >= 4 is 55.0 Å². The van der Waals surface area contributed by atoms with Crippen molar-refractivity contribution in [3.8, 4) is 0 Å². The summed E-state index contributed by atoms with van der Waals surface area (Å²) in [6.45, 7) is 4.77. The monoisotopic (exact) mass is 424 g/mol. The number of rotatable bonds is 6. The lowest BCUT2D eigenvalue weighted by Gasteiger charge is -2.17. The van der Waals surface area contributed by atoms with Gasteiger partial charge in [0.05, 0.1) is 24.3 Å². The molecule has 0 bridgehead atoms. The summed E-state index contributed by atoms with van der Waals surface area (Å²) in [4.78, 5) is 25.4. The van der Waals surface area contributed by atoms with E-state index in [2.05, 4.69) is 12.1 Å². The zero-order valence-electron chi connectivity index (χ0n) is 18.2. The van der Waals surface area contributed by atoms with Crippen LogP contribution in [-0.4, -0.2) is 25.2 Å². The van der Waals surface area contributed by atoms with Gasteiger partial charge in [0.15, 0.2) is 0 Å². The van der Waals surface area contributed by atoms with Gasteiger partial charge in [-0.05, 0) is 68.1 Å². The molecule has 0 saturated heterocycles. The van der Waals surface area contributed by atoms with E-state index >= 15 is 0 Å². The van der Waals surface area contributed by atoms with E-state index in [0.717, 1.165) is 55.9 Å². The molecular weight excluding hydrogens is 400 g/mol. The Kier molecular flexibility index (Phi) is 5.14. The van der Waals surface area contributed by atoms with Crippen LogP contribution < -0.4 is 0 Å². The first-order valence-electron chi connectivity index (χ1n) is 11.1. The number of carbonyl (C=O) groups excluding carboxylic acids is 2. The van der Waals surface area contributed by atoms with Crippen LogP contribution in [0.25, 0.3) is 43.1 Å². The van der Waals surface area contributed by atoms with E-state index < -0.39 is 0 Å². The quantitative estimate of drug-likeness (QED) is 0.170. The zero-order valence-corrected chi connectivity index (χ0v) is 18.2. The summed E-state index contributed by atoms with van der Waals surface area (Å²) in [7, 11) is 0. The highest BCUT2D eigenvalue weighted by molar-refractivity contribution is 6.35. The second kappa shape index (κ2) is 8.12. The van der Waals surface area contributed by atoms with Gasteiger partial charge >= 0.3 is 11.9 Å². The van der Waals surface area contributed by atoms with Crippen LogP contribution in [-0.2, 0) is 9.47 Å². The summed E-state index contributed by atoms with van der Waals surface area (Å²) in [5.74, 6) is -0.595. The molecule has 0 unspecified atom stereocenters. The predicted molar refractivity (Wildman–Crippen MR) is 129 cm³/mol. The highest BCUT2D eigenvalue weighted by Gasteiger charge is 2.20. The largest absolute Gasteiger partial charge is 0.462 e.